The van der Waals surface area contributed by atoms with Crippen LogP contribution in [0.5, 0.6) is 11.5 Å². The van der Waals surface area contributed by atoms with Crippen molar-refractivity contribution < 1.29 is 14.3 Å². The van der Waals surface area contributed by atoms with Gasteiger partial charge < -0.3 is 15.4 Å². The Morgan fingerprint density at radius 1 is 0.722 bits per heavy atom. The second kappa shape index (κ2) is 12.4. The summed E-state index contributed by atoms with van der Waals surface area (Å²) in [7, 11) is 0. The average Bonchev–Trinajstić information content (AvgIpc) is 2.91. The second-order valence-electron chi connectivity index (χ2n) is 7.95. The monoisotopic (exact) mass is 494 g/mol. The quantitative estimate of drug-likeness (QED) is 0.190. The summed E-state index contributed by atoms with van der Waals surface area (Å²) in [5.41, 5.74) is 2.36. The van der Waals surface area contributed by atoms with Gasteiger partial charge in [-0.15, -0.1) is 11.8 Å². The maximum atomic E-state index is 12.7. The van der Waals surface area contributed by atoms with Crippen LogP contribution in [-0.4, -0.2) is 17.1 Å². The highest BCUT2D eigenvalue weighted by atomic mass is 32.2. The zero-order chi connectivity index (χ0) is 25.2. The first-order valence-corrected chi connectivity index (χ1v) is 12.4. The standard InChI is InChI=1S/C30H26N2O3S/c1-22(30(34)32-25-13-17-27(18-14-25)35-26-10-6-3-7-11-26)36-28-19-15-24(16-20-28)31-29(33)21-12-23-8-4-2-5-9-23/h2-22H,1H3,(H,31,33)(H,32,34)/b21-12+. The Morgan fingerprint density at radius 2 is 1.28 bits per heavy atom. The van der Waals surface area contributed by atoms with Crippen molar-refractivity contribution in [2.24, 2.45) is 0 Å². The number of hydrogen-bond donors (Lipinski definition) is 2. The molecule has 0 aromatic heterocycles. The molecule has 180 valence electrons. The van der Waals surface area contributed by atoms with Crippen LogP contribution in [-0.2, 0) is 9.59 Å². The summed E-state index contributed by atoms with van der Waals surface area (Å²) in [5, 5.41) is 5.48. The fourth-order valence-electron chi connectivity index (χ4n) is 3.27. The van der Waals surface area contributed by atoms with E-state index in [1.165, 1.54) is 17.8 Å². The van der Waals surface area contributed by atoms with Crippen molar-refractivity contribution in [1.29, 1.82) is 0 Å². The van der Waals surface area contributed by atoms with Gasteiger partial charge in [0.1, 0.15) is 11.5 Å². The third-order valence-corrected chi connectivity index (χ3v) is 6.24. The number of carbonyl (C=O) groups excluding carboxylic acids is 2. The molecule has 2 amide bonds. The Balaban J connectivity index is 1.25. The Morgan fingerprint density at radius 3 is 1.94 bits per heavy atom. The molecule has 1 unspecified atom stereocenters. The molecule has 0 fully saturated rings. The fraction of sp³-hybridized carbons (Fsp3) is 0.0667. The van der Waals surface area contributed by atoms with Gasteiger partial charge in [-0.05, 0) is 79.2 Å². The molecule has 0 saturated heterocycles. The van der Waals surface area contributed by atoms with Gasteiger partial charge in [0.15, 0.2) is 0 Å². The molecule has 0 bridgehead atoms. The lowest BCUT2D eigenvalue weighted by atomic mass is 10.2. The van der Waals surface area contributed by atoms with Gasteiger partial charge in [0.05, 0.1) is 5.25 Å². The van der Waals surface area contributed by atoms with E-state index in [0.29, 0.717) is 17.1 Å². The van der Waals surface area contributed by atoms with Crippen molar-refractivity contribution in [2.45, 2.75) is 17.1 Å². The van der Waals surface area contributed by atoms with Gasteiger partial charge in [0.25, 0.3) is 0 Å². The zero-order valence-corrected chi connectivity index (χ0v) is 20.6. The number of carbonyl (C=O) groups is 2. The summed E-state index contributed by atoms with van der Waals surface area (Å²) in [5.74, 6) is 1.16. The predicted octanol–water partition coefficient (Wildman–Crippen LogP) is 7.25. The molecule has 0 aliphatic carbocycles. The first-order chi connectivity index (χ1) is 17.5. The average molecular weight is 495 g/mol. The van der Waals surface area contributed by atoms with Crippen molar-refractivity contribution in [3.63, 3.8) is 0 Å². The van der Waals surface area contributed by atoms with Gasteiger partial charge in [0, 0.05) is 22.3 Å². The summed E-state index contributed by atoms with van der Waals surface area (Å²) < 4.78 is 5.79. The van der Waals surface area contributed by atoms with Gasteiger partial charge in [0.2, 0.25) is 11.8 Å². The highest BCUT2D eigenvalue weighted by Gasteiger charge is 2.15. The summed E-state index contributed by atoms with van der Waals surface area (Å²) >= 11 is 1.45. The predicted molar refractivity (Wildman–Crippen MR) is 147 cm³/mol. The van der Waals surface area contributed by atoms with Crippen LogP contribution in [0, 0.1) is 0 Å². The van der Waals surface area contributed by atoms with Crippen LogP contribution in [0.25, 0.3) is 6.08 Å². The molecule has 4 aromatic carbocycles. The molecule has 6 heteroatoms. The Bertz CT molecular complexity index is 1310. The van der Waals surface area contributed by atoms with E-state index in [0.717, 1.165) is 16.2 Å². The number of ether oxygens (including phenoxy) is 1. The number of amides is 2. The Kier molecular flexibility index (Phi) is 8.57. The minimum Gasteiger partial charge on any atom is -0.457 e. The molecule has 4 aromatic rings. The number of anilines is 2. The molecular weight excluding hydrogens is 468 g/mol. The van der Waals surface area contributed by atoms with Crippen LogP contribution in [0.15, 0.2) is 120 Å². The zero-order valence-electron chi connectivity index (χ0n) is 19.8. The van der Waals surface area contributed by atoms with E-state index in [2.05, 4.69) is 10.6 Å². The van der Waals surface area contributed by atoms with Gasteiger partial charge >= 0.3 is 0 Å². The number of para-hydroxylation sites is 1. The molecule has 0 spiro atoms. The van der Waals surface area contributed by atoms with Crippen LogP contribution in [0.3, 0.4) is 0 Å². The number of nitrogens with one attached hydrogen (secondary N) is 2. The molecule has 0 saturated carbocycles. The van der Waals surface area contributed by atoms with Gasteiger partial charge in [-0.25, -0.2) is 0 Å². The molecule has 5 nitrogen and oxygen atoms in total. The molecule has 0 aliphatic heterocycles. The summed E-state index contributed by atoms with van der Waals surface area (Å²) in [6.45, 7) is 1.86. The Hall–Kier alpha value is -4.29. The smallest absolute Gasteiger partial charge is 0.248 e. The molecule has 0 radical (unpaired) electrons. The van der Waals surface area contributed by atoms with E-state index in [-0.39, 0.29) is 17.1 Å². The molecule has 0 aliphatic rings. The van der Waals surface area contributed by atoms with Crippen LogP contribution >= 0.6 is 11.8 Å². The minimum absolute atomic E-state index is 0.0971. The topological polar surface area (TPSA) is 67.4 Å². The lowest BCUT2D eigenvalue weighted by Gasteiger charge is -2.13. The summed E-state index contributed by atoms with van der Waals surface area (Å²) in [4.78, 5) is 25.8. The fourth-order valence-corrected chi connectivity index (χ4v) is 4.14. The Labute approximate surface area is 215 Å². The lowest BCUT2D eigenvalue weighted by molar-refractivity contribution is -0.115. The van der Waals surface area contributed by atoms with Crippen molar-refractivity contribution in [1.82, 2.24) is 0 Å². The number of thioether (sulfide) groups is 1. The lowest BCUT2D eigenvalue weighted by Crippen LogP contribution is -2.22. The minimum atomic E-state index is -0.306. The second-order valence-corrected chi connectivity index (χ2v) is 9.36. The summed E-state index contributed by atoms with van der Waals surface area (Å²) in [6.07, 6.45) is 3.27. The third kappa shape index (κ3) is 7.61. The molecule has 0 heterocycles. The van der Waals surface area contributed by atoms with E-state index in [1.807, 2.05) is 116 Å². The molecule has 2 N–H and O–H groups in total. The van der Waals surface area contributed by atoms with E-state index >= 15 is 0 Å². The van der Waals surface area contributed by atoms with Crippen LogP contribution < -0.4 is 15.4 Å². The molecular formula is C30H26N2O3S. The highest BCUT2D eigenvalue weighted by Crippen LogP contribution is 2.27. The number of rotatable bonds is 9. The first-order valence-electron chi connectivity index (χ1n) is 11.5. The normalized spacial score (nSPS) is 11.6. The third-order valence-electron chi connectivity index (χ3n) is 5.13. The number of hydrogen-bond acceptors (Lipinski definition) is 4. The summed E-state index contributed by atoms with van der Waals surface area (Å²) in [6, 6.07) is 33.9. The van der Waals surface area contributed by atoms with Crippen molar-refractivity contribution in [2.75, 3.05) is 10.6 Å². The van der Waals surface area contributed by atoms with Gasteiger partial charge in [-0.2, -0.15) is 0 Å². The SMILES string of the molecule is CC(Sc1ccc(NC(=O)/C=C/c2ccccc2)cc1)C(=O)Nc1ccc(Oc2ccccc2)cc1. The maximum absolute atomic E-state index is 12.7. The van der Waals surface area contributed by atoms with Gasteiger partial charge in [-0.3, -0.25) is 9.59 Å². The molecule has 36 heavy (non-hydrogen) atoms. The van der Waals surface area contributed by atoms with E-state index in [4.69, 9.17) is 4.74 Å². The van der Waals surface area contributed by atoms with E-state index < -0.39 is 0 Å². The van der Waals surface area contributed by atoms with E-state index in [1.54, 1.807) is 6.08 Å². The maximum Gasteiger partial charge on any atom is 0.248 e. The first kappa shape index (κ1) is 24.8. The van der Waals surface area contributed by atoms with Crippen molar-refractivity contribution >= 4 is 41.0 Å². The van der Waals surface area contributed by atoms with Crippen LogP contribution in [0.1, 0.15) is 12.5 Å². The van der Waals surface area contributed by atoms with Crippen LogP contribution in [0.4, 0.5) is 11.4 Å². The van der Waals surface area contributed by atoms with Crippen molar-refractivity contribution in [3.8, 4) is 11.5 Å². The van der Waals surface area contributed by atoms with Crippen molar-refractivity contribution in [3.05, 3.63) is 121 Å². The highest BCUT2D eigenvalue weighted by molar-refractivity contribution is 8.00. The molecule has 1 atom stereocenters. The van der Waals surface area contributed by atoms with Gasteiger partial charge in [-0.1, -0.05) is 48.5 Å². The van der Waals surface area contributed by atoms with Crippen LogP contribution in [0.2, 0.25) is 0 Å². The number of benzene rings is 4. The largest absolute Gasteiger partial charge is 0.457 e. The van der Waals surface area contributed by atoms with E-state index in [9.17, 15) is 9.59 Å². The molecule has 4 rings (SSSR count).